The fourth-order valence-electron chi connectivity index (χ4n) is 2.22. The number of urea groups is 1. The van der Waals surface area contributed by atoms with E-state index in [2.05, 4.69) is 20.9 Å². The zero-order valence-corrected chi connectivity index (χ0v) is 14.6. The van der Waals surface area contributed by atoms with Crippen LogP contribution in [0.1, 0.15) is 23.9 Å². The molecule has 0 bridgehead atoms. The van der Waals surface area contributed by atoms with Gasteiger partial charge in [-0.2, -0.15) is 0 Å². The molecule has 0 aliphatic heterocycles. The lowest BCUT2D eigenvalue weighted by molar-refractivity contribution is 0.168. The van der Waals surface area contributed by atoms with Crippen LogP contribution in [0, 0.1) is 13.8 Å². The molecule has 25 heavy (non-hydrogen) atoms. The molecule has 0 fully saturated rings. The molecule has 0 saturated carbocycles. The minimum atomic E-state index is -0.530. The number of amides is 3. The Labute approximate surface area is 146 Å². The van der Waals surface area contributed by atoms with Gasteiger partial charge in [0.2, 0.25) is 0 Å². The molecule has 0 radical (unpaired) electrons. The lowest BCUT2D eigenvalue weighted by Gasteiger charge is -2.14. The van der Waals surface area contributed by atoms with Gasteiger partial charge in [-0.05, 0) is 50.6 Å². The van der Waals surface area contributed by atoms with Gasteiger partial charge in [0.25, 0.3) is 0 Å². The third-order valence-electron chi connectivity index (χ3n) is 3.47. The zero-order valence-electron chi connectivity index (χ0n) is 14.6. The van der Waals surface area contributed by atoms with Crippen molar-refractivity contribution in [3.63, 3.8) is 0 Å². The van der Waals surface area contributed by atoms with Crippen LogP contribution in [0.15, 0.2) is 36.4 Å². The zero-order chi connectivity index (χ0) is 18.2. The van der Waals surface area contributed by atoms with Gasteiger partial charge in [-0.15, -0.1) is 0 Å². The number of rotatable bonds is 5. The Bertz CT molecular complexity index is 762. The van der Waals surface area contributed by atoms with Gasteiger partial charge in [-0.1, -0.05) is 12.1 Å². The highest BCUT2D eigenvalue weighted by Crippen LogP contribution is 2.23. The molecule has 0 aliphatic carbocycles. The van der Waals surface area contributed by atoms with Crippen molar-refractivity contribution in [1.82, 2.24) is 10.3 Å². The fraction of sp³-hybridized carbons (Fsp3) is 0.278. The van der Waals surface area contributed by atoms with Crippen LogP contribution in [0.2, 0.25) is 0 Å². The third-order valence-corrected chi connectivity index (χ3v) is 3.47. The summed E-state index contributed by atoms with van der Waals surface area (Å²) in [6.45, 7) is 6.05. The van der Waals surface area contributed by atoms with Gasteiger partial charge < -0.3 is 15.4 Å². The Kier molecular flexibility index (Phi) is 6.33. The van der Waals surface area contributed by atoms with E-state index >= 15 is 0 Å². The van der Waals surface area contributed by atoms with Crippen molar-refractivity contribution in [2.24, 2.45) is 0 Å². The van der Waals surface area contributed by atoms with Crippen molar-refractivity contribution < 1.29 is 14.3 Å². The molecule has 1 aromatic carbocycles. The average molecular weight is 342 g/mol. The third kappa shape index (κ3) is 5.49. The first-order valence-corrected chi connectivity index (χ1v) is 8.00. The van der Waals surface area contributed by atoms with Gasteiger partial charge in [0.15, 0.2) is 0 Å². The molecule has 3 N–H and O–H groups in total. The number of ether oxygens (including phenoxy) is 1. The molecule has 2 aromatic rings. The maximum Gasteiger partial charge on any atom is 0.411 e. The summed E-state index contributed by atoms with van der Waals surface area (Å²) >= 11 is 0. The second-order valence-corrected chi connectivity index (χ2v) is 5.40. The lowest BCUT2D eigenvalue weighted by atomic mass is 10.1. The second-order valence-electron chi connectivity index (χ2n) is 5.40. The SMILES string of the molecule is CCOC(=O)Nc1cccc(NC(=O)NCc2cccc(C)n2)c1C. The minimum Gasteiger partial charge on any atom is -0.450 e. The number of nitrogens with one attached hydrogen (secondary N) is 3. The first-order valence-electron chi connectivity index (χ1n) is 8.00. The van der Waals surface area contributed by atoms with Crippen molar-refractivity contribution in [1.29, 1.82) is 0 Å². The van der Waals surface area contributed by atoms with E-state index in [9.17, 15) is 9.59 Å². The van der Waals surface area contributed by atoms with Crippen LogP contribution in [0.25, 0.3) is 0 Å². The predicted molar refractivity (Wildman–Crippen MR) is 96.7 cm³/mol. The van der Waals surface area contributed by atoms with Crippen LogP contribution in [0.4, 0.5) is 21.0 Å². The van der Waals surface area contributed by atoms with Gasteiger partial charge in [0.05, 0.1) is 18.8 Å². The van der Waals surface area contributed by atoms with Gasteiger partial charge in [0.1, 0.15) is 0 Å². The van der Waals surface area contributed by atoms with E-state index in [1.807, 2.05) is 25.1 Å². The van der Waals surface area contributed by atoms with Crippen molar-refractivity contribution in [2.75, 3.05) is 17.2 Å². The van der Waals surface area contributed by atoms with Crippen LogP contribution in [0.5, 0.6) is 0 Å². The number of hydrogen-bond donors (Lipinski definition) is 3. The summed E-state index contributed by atoms with van der Waals surface area (Å²) < 4.78 is 4.86. The van der Waals surface area contributed by atoms with Crippen molar-refractivity contribution in [2.45, 2.75) is 27.3 Å². The predicted octanol–water partition coefficient (Wildman–Crippen LogP) is 3.59. The largest absolute Gasteiger partial charge is 0.450 e. The standard InChI is InChI=1S/C18H22N4O3/c1-4-25-18(24)22-16-10-6-9-15(13(16)3)21-17(23)19-11-14-8-5-7-12(2)20-14/h5-10H,4,11H2,1-3H3,(H,22,24)(H2,19,21,23). The normalized spacial score (nSPS) is 10.0. The summed E-state index contributed by atoms with van der Waals surface area (Å²) in [6, 6.07) is 10.5. The van der Waals surface area contributed by atoms with Crippen LogP contribution in [-0.2, 0) is 11.3 Å². The Morgan fingerprint density at radius 2 is 1.72 bits per heavy atom. The van der Waals surface area contributed by atoms with E-state index in [4.69, 9.17) is 4.74 Å². The molecular weight excluding hydrogens is 320 g/mol. The molecule has 132 valence electrons. The summed E-state index contributed by atoms with van der Waals surface area (Å²) in [5.41, 5.74) is 3.60. The van der Waals surface area contributed by atoms with Gasteiger partial charge in [-0.25, -0.2) is 9.59 Å². The van der Waals surface area contributed by atoms with E-state index in [0.29, 0.717) is 17.9 Å². The van der Waals surface area contributed by atoms with Gasteiger partial charge in [0, 0.05) is 17.1 Å². The smallest absolute Gasteiger partial charge is 0.411 e. The van der Waals surface area contributed by atoms with E-state index < -0.39 is 6.09 Å². The van der Waals surface area contributed by atoms with Crippen LogP contribution in [0.3, 0.4) is 0 Å². The van der Waals surface area contributed by atoms with Gasteiger partial charge in [-0.3, -0.25) is 10.3 Å². The first-order chi connectivity index (χ1) is 12.0. The maximum absolute atomic E-state index is 12.1. The number of aromatic nitrogens is 1. The molecule has 1 aromatic heterocycles. The quantitative estimate of drug-likeness (QED) is 0.774. The molecule has 0 aliphatic rings. The fourth-order valence-corrected chi connectivity index (χ4v) is 2.22. The number of carbonyl (C=O) groups excluding carboxylic acids is 2. The molecule has 0 saturated heterocycles. The number of carbonyl (C=O) groups is 2. The molecule has 0 atom stereocenters. The summed E-state index contributed by atoms with van der Waals surface area (Å²) in [4.78, 5) is 28.0. The second kappa shape index (κ2) is 8.68. The average Bonchev–Trinajstić information content (AvgIpc) is 2.57. The minimum absolute atomic E-state index is 0.290. The van der Waals surface area contributed by atoms with E-state index in [1.54, 1.807) is 32.0 Å². The summed E-state index contributed by atoms with van der Waals surface area (Å²) in [5, 5.41) is 8.17. The number of hydrogen-bond acceptors (Lipinski definition) is 4. The Morgan fingerprint density at radius 1 is 1.04 bits per heavy atom. The Morgan fingerprint density at radius 3 is 2.40 bits per heavy atom. The van der Waals surface area contributed by atoms with E-state index in [1.165, 1.54) is 0 Å². The van der Waals surface area contributed by atoms with E-state index in [-0.39, 0.29) is 12.6 Å². The Balaban J connectivity index is 1.97. The molecule has 0 unspecified atom stereocenters. The summed E-state index contributed by atoms with van der Waals surface area (Å²) in [7, 11) is 0. The first kappa shape index (κ1) is 18.3. The monoisotopic (exact) mass is 342 g/mol. The van der Waals surface area contributed by atoms with Crippen LogP contribution in [-0.4, -0.2) is 23.7 Å². The highest BCUT2D eigenvalue weighted by Gasteiger charge is 2.10. The number of pyridine rings is 1. The highest BCUT2D eigenvalue weighted by molar-refractivity contribution is 5.93. The maximum atomic E-state index is 12.1. The lowest BCUT2D eigenvalue weighted by Crippen LogP contribution is -2.29. The van der Waals surface area contributed by atoms with Crippen molar-refractivity contribution >= 4 is 23.5 Å². The van der Waals surface area contributed by atoms with Crippen molar-refractivity contribution in [3.05, 3.63) is 53.3 Å². The number of benzene rings is 1. The highest BCUT2D eigenvalue weighted by atomic mass is 16.5. The Hall–Kier alpha value is -3.09. The van der Waals surface area contributed by atoms with E-state index in [0.717, 1.165) is 17.0 Å². The summed E-state index contributed by atoms with van der Waals surface area (Å²) in [5.74, 6) is 0. The number of nitrogens with zero attached hydrogens (tertiary/aromatic N) is 1. The number of aryl methyl sites for hydroxylation is 1. The molecule has 1 heterocycles. The topological polar surface area (TPSA) is 92.4 Å². The van der Waals surface area contributed by atoms with Gasteiger partial charge >= 0.3 is 12.1 Å². The summed E-state index contributed by atoms with van der Waals surface area (Å²) in [6.07, 6.45) is -0.530. The molecule has 2 rings (SSSR count). The van der Waals surface area contributed by atoms with Crippen LogP contribution >= 0.6 is 0 Å². The molecule has 7 heteroatoms. The molecule has 7 nitrogen and oxygen atoms in total. The van der Waals surface area contributed by atoms with Crippen LogP contribution < -0.4 is 16.0 Å². The molecular formula is C18H22N4O3. The number of anilines is 2. The van der Waals surface area contributed by atoms with Crippen molar-refractivity contribution in [3.8, 4) is 0 Å². The molecule has 0 spiro atoms. The molecule has 3 amide bonds.